The van der Waals surface area contributed by atoms with Gasteiger partial charge in [-0.2, -0.15) is 0 Å². The second kappa shape index (κ2) is 6.85. The molecule has 0 saturated heterocycles. The van der Waals surface area contributed by atoms with E-state index in [0.29, 0.717) is 5.41 Å². The van der Waals surface area contributed by atoms with Crippen LogP contribution in [0.1, 0.15) is 62.3 Å². The van der Waals surface area contributed by atoms with Crippen LogP contribution in [0.25, 0.3) is 0 Å². The van der Waals surface area contributed by atoms with Crippen LogP contribution in [0.4, 0.5) is 0 Å². The van der Waals surface area contributed by atoms with Crippen molar-refractivity contribution in [2.45, 2.75) is 71.8 Å². The highest BCUT2D eigenvalue weighted by atomic mass is 32.1. The minimum absolute atomic E-state index is 0.442. The fourth-order valence-corrected chi connectivity index (χ4v) is 3.69. The first-order valence-electron chi connectivity index (χ1n) is 7.82. The van der Waals surface area contributed by atoms with Gasteiger partial charge < -0.3 is 5.32 Å². The molecule has 1 atom stereocenters. The largest absolute Gasteiger partial charge is 0.313 e. The zero-order chi connectivity index (χ0) is 13.7. The number of nitrogens with one attached hydrogen (secondary N) is 1. The van der Waals surface area contributed by atoms with Gasteiger partial charge in [0.25, 0.3) is 0 Å². The molecule has 0 bridgehead atoms. The second-order valence-corrected chi connectivity index (χ2v) is 7.45. The molecule has 19 heavy (non-hydrogen) atoms. The van der Waals surface area contributed by atoms with Crippen molar-refractivity contribution in [3.05, 3.63) is 16.1 Å². The minimum atomic E-state index is 0.442. The van der Waals surface area contributed by atoms with Gasteiger partial charge in [-0.3, -0.25) is 0 Å². The van der Waals surface area contributed by atoms with Crippen LogP contribution < -0.4 is 5.32 Å². The van der Waals surface area contributed by atoms with Gasteiger partial charge in [0.1, 0.15) is 0 Å². The Labute approximate surface area is 122 Å². The topological polar surface area (TPSA) is 24.9 Å². The Bertz CT molecular complexity index is 384. The Balaban J connectivity index is 2.00. The number of hydrogen-bond donors (Lipinski definition) is 1. The lowest BCUT2D eigenvalue weighted by atomic mass is 9.77. The highest BCUT2D eigenvalue weighted by Crippen LogP contribution is 2.35. The van der Waals surface area contributed by atoms with Crippen LogP contribution in [0.15, 0.2) is 6.20 Å². The van der Waals surface area contributed by atoms with E-state index in [1.807, 2.05) is 11.3 Å². The number of unbranched alkanes of at least 4 members (excludes halogenated alkanes) is 1. The van der Waals surface area contributed by atoms with Gasteiger partial charge >= 0.3 is 0 Å². The molecule has 0 aliphatic heterocycles. The van der Waals surface area contributed by atoms with Crippen molar-refractivity contribution in [1.29, 1.82) is 0 Å². The Hall–Kier alpha value is -0.410. The molecule has 1 unspecified atom stereocenters. The van der Waals surface area contributed by atoms with Gasteiger partial charge in [-0.25, -0.2) is 4.98 Å². The van der Waals surface area contributed by atoms with Crippen LogP contribution in [0.3, 0.4) is 0 Å². The molecule has 1 aliphatic carbocycles. The van der Waals surface area contributed by atoms with Crippen molar-refractivity contribution in [1.82, 2.24) is 10.3 Å². The standard InChI is InChI=1S/C16H28N2S/c1-4-6-9-16(5-2,12-18-14-7-8-14)10-15-11-17-13(3)19-15/h11,14,18H,4-10,12H2,1-3H3. The Morgan fingerprint density at radius 2 is 2.21 bits per heavy atom. The summed E-state index contributed by atoms with van der Waals surface area (Å²) in [6, 6.07) is 0.816. The van der Waals surface area contributed by atoms with Crippen LogP contribution in [0.2, 0.25) is 0 Å². The molecular weight excluding hydrogens is 252 g/mol. The Morgan fingerprint density at radius 3 is 2.74 bits per heavy atom. The normalized spacial score (nSPS) is 18.5. The van der Waals surface area contributed by atoms with Gasteiger partial charge in [-0.15, -0.1) is 11.3 Å². The quantitative estimate of drug-likeness (QED) is 0.728. The van der Waals surface area contributed by atoms with E-state index in [9.17, 15) is 0 Å². The lowest BCUT2D eigenvalue weighted by molar-refractivity contribution is 0.229. The molecule has 1 aromatic heterocycles. The van der Waals surface area contributed by atoms with E-state index in [4.69, 9.17) is 0 Å². The fraction of sp³-hybridized carbons (Fsp3) is 0.812. The van der Waals surface area contributed by atoms with Gasteiger partial charge in [0, 0.05) is 23.7 Å². The third-order valence-corrected chi connectivity index (χ3v) is 5.28. The van der Waals surface area contributed by atoms with Crippen molar-refractivity contribution >= 4 is 11.3 Å². The molecule has 3 heteroatoms. The fourth-order valence-electron chi connectivity index (χ4n) is 2.72. The summed E-state index contributed by atoms with van der Waals surface area (Å²) >= 11 is 1.87. The van der Waals surface area contributed by atoms with Crippen LogP contribution in [-0.2, 0) is 6.42 Å². The first kappa shape index (κ1) is 15.0. The third-order valence-electron chi connectivity index (χ3n) is 4.37. The highest BCUT2D eigenvalue weighted by molar-refractivity contribution is 7.11. The van der Waals surface area contributed by atoms with Crippen molar-refractivity contribution in [3.8, 4) is 0 Å². The summed E-state index contributed by atoms with van der Waals surface area (Å²) < 4.78 is 0. The van der Waals surface area contributed by atoms with Crippen molar-refractivity contribution in [3.63, 3.8) is 0 Å². The summed E-state index contributed by atoms with van der Waals surface area (Å²) in [5.41, 5.74) is 0.442. The maximum Gasteiger partial charge on any atom is 0.0896 e. The number of aryl methyl sites for hydroxylation is 1. The molecule has 2 nitrogen and oxygen atoms in total. The highest BCUT2D eigenvalue weighted by Gasteiger charge is 2.31. The Kier molecular flexibility index (Phi) is 5.40. The summed E-state index contributed by atoms with van der Waals surface area (Å²) in [6.07, 6.45) is 11.3. The molecule has 0 radical (unpaired) electrons. The van der Waals surface area contributed by atoms with E-state index in [2.05, 4.69) is 37.3 Å². The van der Waals surface area contributed by atoms with Crippen molar-refractivity contribution < 1.29 is 0 Å². The number of hydrogen-bond acceptors (Lipinski definition) is 3. The van der Waals surface area contributed by atoms with E-state index in [1.165, 1.54) is 61.4 Å². The van der Waals surface area contributed by atoms with E-state index < -0.39 is 0 Å². The lowest BCUT2D eigenvalue weighted by Gasteiger charge is -2.33. The van der Waals surface area contributed by atoms with Gasteiger partial charge in [0.05, 0.1) is 5.01 Å². The number of nitrogens with zero attached hydrogens (tertiary/aromatic N) is 1. The summed E-state index contributed by atoms with van der Waals surface area (Å²) in [6.45, 7) is 7.95. The molecule has 0 aromatic carbocycles. The number of rotatable bonds is 9. The first-order chi connectivity index (χ1) is 9.17. The predicted molar refractivity (Wildman–Crippen MR) is 83.8 cm³/mol. The summed E-state index contributed by atoms with van der Waals surface area (Å²) in [5, 5.41) is 4.97. The van der Waals surface area contributed by atoms with Gasteiger partial charge in [-0.05, 0) is 44.4 Å². The maximum absolute atomic E-state index is 4.42. The molecule has 0 spiro atoms. The molecule has 1 aromatic rings. The second-order valence-electron chi connectivity index (χ2n) is 6.13. The number of thiazole rings is 1. The predicted octanol–water partition coefficient (Wildman–Crippen LogP) is 4.33. The molecule has 0 amide bonds. The van der Waals surface area contributed by atoms with Crippen LogP contribution in [-0.4, -0.2) is 17.6 Å². The van der Waals surface area contributed by atoms with Crippen molar-refractivity contribution in [2.75, 3.05) is 6.54 Å². The van der Waals surface area contributed by atoms with Crippen LogP contribution in [0.5, 0.6) is 0 Å². The first-order valence-corrected chi connectivity index (χ1v) is 8.64. The SMILES string of the molecule is CCCCC(CC)(CNC1CC1)Cc1cnc(C)s1. The molecule has 1 saturated carbocycles. The zero-order valence-electron chi connectivity index (χ0n) is 12.7. The summed E-state index contributed by atoms with van der Waals surface area (Å²) in [4.78, 5) is 5.89. The lowest BCUT2D eigenvalue weighted by Crippen LogP contribution is -2.36. The Morgan fingerprint density at radius 1 is 1.42 bits per heavy atom. The van der Waals surface area contributed by atoms with E-state index in [1.54, 1.807) is 0 Å². The molecule has 1 N–H and O–H groups in total. The maximum atomic E-state index is 4.42. The van der Waals surface area contributed by atoms with E-state index in [-0.39, 0.29) is 0 Å². The molecule has 2 rings (SSSR count). The average molecular weight is 280 g/mol. The third kappa shape index (κ3) is 4.57. The minimum Gasteiger partial charge on any atom is -0.313 e. The summed E-state index contributed by atoms with van der Waals surface area (Å²) in [7, 11) is 0. The molecular formula is C16H28N2S. The molecule has 1 heterocycles. The van der Waals surface area contributed by atoms with Crippen LogP contribution >= 0.6 is 11.3 Å². The molecule has 1 aliphatic rings. The van der Waals surface area contributed by atoms with Crippen molar-refractivity contribution in [2.24, 2.45) is 5.41 Å². The smallest absolute Gasteiger partial charge is 0.0896 e. The van der Waals surface area contributed by atoms with E-state index >= 15 is 0 Å². The molecule has 108 valence electrons. The van der Waals surface area contributed by atoms with E-state index in [0.717, 1.165) is 6.04 Å². The van der Waals surface area contributed by atoms with Crippen LogP contribution in [0, 0.1) is 12.3 Å². The average Bonchev–Trinajstić information content (AvgIpc) is 3.16. The van der Waals surface area contributed by atoms with Gasteiger partial charge in [0.2, 0.25) is 0 Å². The zero-order valence-corrected chi connectivity index (χ0v) is 13.5. The van der Waals surface area contributed by atoms with Gasteiger partial charge in [-0.1, -0.05) is 26.7 Å². The number of aromatic nitrogens is 1. The molecule has 1 fully saturated rings. The monoisotopic (exact) mass is 280 g/mol. The summed E-state index contributed by atoms with van der Waals surface area (Å²) in [5.74, 6) is 0. The van der Waals surface area contributed by atoms with Gasteiger partial charge in [0.15, 0.2) is 0 Å².